The van der Waals surface area contributed by atoms with Crippen LogP contribution in [0.5, 0.6) is 17.2 Å². The molecule has 0 fully saturated rings. The van der Waals surface area contributed by atoms with Crippen molar-refractivity contribution in [1.29, 1.82) is 0 Å². The Morgan fingerprint density at radius 3 is 1.60 bits per heavy atom. The van der Waals surface area contributed by atoms with Gasteiger partial charge in [-0.1, -0.05) is 178 Å². The van der Waals surface area contributed by atoms with Crippen LogP contribution in [0.2, 0.25) is 0 Å². The first kappa shape index (κ1) is 40.0. The summed E-state index contributed by atoms with van der Waals surface area (Å²) in [6, 6.07) is 61.1. The Balaban J connectivity index is 1.14. The highest BCUT2D eigenvalue weighted by Gasteiger charge is 2.47. The molecule has 0 saturated heterocycles. The third kappa shape index (κ3) is 6.42. The molecule has 8 aromatic carbocycles. The molecule has 1 aliphatic heterocycles. The quantitative estimate of drug-likeness (QED) is 0.137. The minimum Gasteiger partial charge on any atom is -0.493 e. The maximum absolute atomic E-state index is 7.85. The zero-order chi connectivity index (χ0) is 44.1. The molecule has 0 amide bonds. The van der Waals surface area contributed by atoms with Gasteiger partial charge in [-0.2, -0.15) is 0 Å². The number of nitrogens with zero attached hydrogens (tertiary/aromatic N) is 3. The summed E-state index contributed by atoms with van der Waals surface area (Å²) in [6.45, 7) is 4.63. The molecule has 1 atom stereocenters. The lowest BCUT2D eigenvalue weighted by atomic mass is 9.71. The van der Waals surface area contributed by atoms with Crippen molar-refractivity contribution in [3.8, 4) is 73.7 Å². The minimum atomic E-state index is -1.04. The van der Waals surface area contributed by atoms with Gasteiger partial charge < -0.3 is 14.2 Å². The van der Waals surface area contributed by atoms with Gasteiger partial charge in [0.05, 0.1) is 14.2 Å². The molecule has 0 N–H and O–H groups in total. The van der Waals surface area contributed by atoms with Gasteiger partial charge in [-0.15, -0.1) is 0 Å². The van der Waals surface area contributed by atoms with E-state index in [0.29, 0.717) is 29.0 Å². The number of ether oxygens (including phenoxy) is 3. The molecule has 0 radical (unpaired) electrons. The minimum absolute atomic E-state index is 0.221. The molecule has 1 unspecified atom stereocenters. The Bertz CT molecular complexity index is 3210. The summed E-state index contributed by atoms with van der Waals surface area (Å²) >= 11 is 0. The number of hydrogen-bond donors (Lipinski definition) is 0. The second kappa shape index (κ2) is 16.1. The van der Waals surface area contributed by atoms with Crippen molar-refractivity contribution in [2.75, 3.05) is 14.2 Å². The normalized spacial score (nSPS) is 15.4. The van der Waals surface area contributed by atoms with Gasteiger partial charge in [0, 0.05) is 44.2 Å². The predicted octanol–water partition coefficient (Wildman–Crippen LogP) is 14.1. The van der Waals surface area contributed by atoms with Crippen LogP contribution in [-0.4, -0.2) is 29.2 Å². The highest BCUT2D eigenvalue weighted by Crippen LogP contribution is 2.61. The summed E-state index contributed by atoms with van der Waals surface area (Å²) in [5, 5.41) is 2.04. The van der Waals surface area contributed by atoms with Crippen molar-refractivity contribution in [2.45, 2.75) is 37.7 Å². The molecular weight excluding hydrogens is 799 g/mol. The molecule has 6 nitrogen and oxygen atoms in total. The first-order valence-corrected chi connectivity index (χ1v) is 22.4. The average Bonchev–Trinajstić information content (AvgIpc) is 3.69. The van der Waals surface area contributed by atoms with Crippen LogP contribution in [0, 0.1) is 0 Å². The predicted molar refractivity (Wildman–Crippen MR) is 262 cm³/mol. The average molecular weight is 846 g/mol. The highest BCUT2D eigenvalue weighted by molar-refractivity contribution is 6.09. The second-order valence-electron chi connectivity index (χ2n) is 16.8. The molecule has 2 heterocycles. The van der Waals surface area contributed by atoms with Crippen molar-refractivity contribution < 1.29 is 14.2 Å². The first-order chi connectivity index (χ1) is 32.0. The third-order valence-corrected chi connectivity index (χ3v) is 13.6. The van der Waals surface area contributed by atoms with Gasteiger partial charge in [0.25, 0.3) is 0 Å². The molecule has 0 spiro atoms. The van der Waals surface area contributed by atoms with Gasteiger partial charge in [0.1, 0.15) is 5.75 Å². The molecule has 0 saturated carbocycles. The van der Waals surface area contributed by atoms with Crippen molar-refractivity contribution in [2.24, 2.45) is 0 Å². The summed E-state index contributed by atoms with van der Waals surface area (Å²) in [5.74, 6) is 3.96. The Kier molecular flexibility index (Phi) is 9.88. The third-order valence-electron chi connectivity index (χ3n) is 13.6. The Hall–Kier alpha value is -7.83. The zero-order valence-corrected chi connectivity index (χ0v) is 36.9. The van der Waals surface area contributed by atoms with E-state index in [4.69, 9.17) is 29.2 Å². The van der Waals surface area contributed by atoms with E-state index in [1.54, 1.807) is 14.2 Å². The van der Waals surface area contributed by atoms with Crippen molar-refractivity contribution in [1.82, 2.24) is 15.0 Å². The number of hydrogen-bond acceptors (Lipinski definition) is 6. The van der Waals surface area contributed by atoms with Crippen LogP contribution in [0.3, 0.4) is 0 Å². The number of fused-ring (bicyclic) bond motifs is 8. The van der Waals surface area contributed by atoms with Gasteiger partial charge in [0.15, 0.2) is 34.6 Å². The Morgan fingerprint density at radius 2 is 1.02 bits per heavy atom. The van der Waals surface area contributed by atoms with Crippen molar-refractivity contribution in [3.05, 3.63) is 210 Å². The summed E-state index contributed by atoms with van der Waals surface area (Å²) in [5.41, 5.74) is 11.9. The van der Waals surface area contributed by atoms with E-state index in [2.05, 4.69) is 141 Å². The van der Waals surface area contributed by atoms with Crippen LogP contribution in [0.15, 0.2) is 182 Å². The fourth-order valence-corrected chi connectivity index (χ4v) is 10.3. The maximum atomic E-state index is 7.85. The van der Waals surface area contributed by atoms with Gasteiger partial charge in [-0.25, -0.2) is 15.0 Å². The van der Waals surface area contributed by atoms with Crippen LogP contribution < -0.4 is 14.2 Å². The molecule has 11 rings (SSSR count). The van der Waals surface area contributed by atoms with E-state index in [0.717, 1.165) is 73.9 Å². The first-order valence-electron chi connectivity index (χ1n) is 22.4. The molecule has 2 aliphatic rings. The van der Waals surface area contributed by atoms with Crippen LogP contribution in [0.25, 0.3) is 73.3 Å². The second-order valence-corrected chi connectivity index (χ2v) is 16.8. The van der Waals surface area contributed by atoms with Crippen LogP contribution in [-0.2, 0) is 11.0 Å². The Morgan fingerprint density at radius 1 is 0.492 bits per heavy atom. The molecule has 9 aromatic rings. The monoisotopic (exact) mass is 845 g/mol. The van der Waals surface area contributed by atoms with Crippen LogP contribution >= 0.6 is 0 Å². The lowest BCUT2D eigenvalue weighted by molar-refractivity contribution is 0.163. The van der Waals surface area contributed by atoms with Gasteiger partial charge in [-0.3, -0.25) is 0 Å². The van der Waals surface area contributed by atoms with Crippen LogP contribution in [0.1, 0.15) is 54.5 Å². The maximum Gasteiger partial charge on any atom is 0.178 e. The largest absolute Gasteiger partial charge is 0.493 e. The van der Waals surface area contributed by atoms with Crippen molar-refractivity contribution >= 4 is 16.8 Å². The van der Waals surface area contributed by atoms with Gasteiger partial charge in [0.2, 0.25) is 0 Å². The molecule has 6 heteroatoms. The fourth-order valence-electron chi connectivity index (χ4n) is 10.3. The van der Waals surface area contributed by atoms with E-state index in [9.17, 15) is 0 Å². The van der Waals surface area contributed by atoms with E-state index in [1.165, 1.54) is 22.3 Å². The van der Waals surface area contributed by atoms with E-state index >= 15 is 0 Å². The zero-order valence-electron chi connectivity index (χ0n) is 36.9. The van der Waals surface area contributed by atoms with E-state index in [-0.39, 0.29) is 5.41 Å². The number of benzene rings is 8. The SMILES string of the molecule is CCC1(CC)c2ccccc2-c2c1c1c(c3cc(OC)c(OC)cc23)OC(c2ccc(-c3nc(-c4ccccc4)nc(-c4ccccc4)n3)cc2)(c2cccc(-c3ccccc3)c2)C=C1. The van der Waals surface area contributed by atoms with Gasteiger partial charge >= 0.3 is 0 Å². The summed E-state index contributed by atoms with van der Waals surface area (Å²) in [6.07, 6.45) is 6.47. The lowest BCUT2D eigenvalue weighted by Gasteiger charge is -2.39. The molecule has 316 valence electrons. The summed E-state index contributed by atoms with van der Waals surface area (Å²) < 4.78 is 19.9. The molecule has 65 heavy (non-hydrogen) atoms. The number of aromatic nitrogens is 3. The summed E-state index contributed by atoms with van der Waals surface area (Å²) in [7, 11) is 3.39. The highest BCUT2D eigenvalue weighted by atomic mass is 16.5. The van der Waals surface area contributed by atoms with Crippen molar-refractivity contribution in [3.63, 3.8) is 0 Å². The molecule has 0 bridgehead atoms. The topological polar surface area (TPSA) is 66.4 Å². The number of methoxy groups -OCH3 is 2. The lowest BCUT2D eigenvalue weighted by Crippen LogP contribution is -2.35. The summed E-state index contributed by atoms with van der Waals surface area (Å²) in [4.78, 5) is 15.0. The number of rotatable bonds is 10. The Labute approximate surface area is 379 Å². The van der Waals surface area contributed by atoms with Gasteiger partial charge in [-0.05, 0) is 75.9 Å². The smallest absolute Gasteiger partial charge is 0.178 e. The van der Waals surface area contributed by atoms with E-state index < -0.39 is 5.60 Å². The molecule has 1 aliphatic carbocycles. The molecular formula is C59H47N3O3. The van der Waals surface area contributed by atoms with E-state index in [1.807, 2.05) is 60.7 Å². The molecule has 1 aromatic heterocycles. The standard InChI is InChI=1S/C59H47N3O3/c1-5-58(6-2)49-28-17-16-27-45(49)52-47-36-50(63-3)51(64-4)37-48(47)54-46(53(52)58)33-34-59(65-54,44-26-18-25-42(35-44)38-19-10-7-11-20-38)43-31-29-41(30-32-43)57-61-55(39-21-12-8-13-22-39)60-56(62-57)40-23-14-9-15-24-40/h7-37H,5-6H2,1-4H3. The fraction of sp³-hybridized carbons (Fsp3) is 0.136. The van der Waals surface area contributed by atoms with Crippen LogP contribution in [0.4, 0.5) is 0 Å².